The second-order valence-electron chi connectivity index (χ2n) is 11.7. The van der Waals surface area contributed by atoms with E-state index in [2.05, 4.69) is 10.6 Å². The normalized spacial score (nSPS) is 28.7. The van der Waals surface area contributed by atoms with Gasteiger partial charge in [0.15, 0.2) is 6.10 Å². The summed E-state index contributed by atoms with van der Waals surface area (Å²) in [4.78, 5) is 26.8. The molecule has 0 fully saturated rings. The van der Waals surface area contributed by atoms with Gasteiger partial charge < -0.3 is 50.8 Å². The third kappa shape index (κ3) is 10.3. The maximum absolute atomic E-state index is 13.1. The summed E-state index contributed by atoms with van der Waals surface area (Å²) in [6, 6.07) is 1.32. The molecule has 1 aromatic rings. The molecule has 2 rings (SSSR count). The quantitative estimate of drug-likeness (QED) is 0.151. The minimum atomic E-state index is -0.986. The van der Waals surface area contributed by atoms with Crippen LogP contribution in [-0.2, 0) is 25.4 Å². The molecular weight excluding hydrogens is 568 g/mol. The predicted octanol–water partition coefficient (Wildman–Crippen LogP) is 3.53. The number of aromatic hydroxyl groups is 2. The van der Waals surface area contributed by atoms with Gasteiger partial charge in [0.1, 0.15) is 17.6 Å². The lowest BCUT2D eigenvalue weighted by molar-refractivity contribution is -0.112. The van der Waals surface area contributed by atoms with Crippen molar-refractivity contribution in [2.75, 3.05) is 52.0 Å². The lowest BCUT2D eigenvalue weighted by Gasteiger charge is -2.29. The number of rotatable bonds is 7. The van der Waals surface area contributed by atoms with E-state index < -0.39 is 42.3 Å². The van der Waals surface area contributed by atoms with E-state index in [1.54, 1.807) is 38.2 Å². The van der Waals surface area contributed by atoms with Crippen LogP contribution in [0.5, 0.6) is 11.5 Å². The van der Waals surface area contributed by atoms with E-state index in [1.165, 1.54) is 20.3 Å². The van der Waals surface area contributed by atoms with Gasteiger partial charge in [-0.05, 0) is 52.3 Å². The van der Waals surface area contributed by atoms with Crippen molar-refractivity contribution < 1.29 is 39.1 Å². The largest absolute Gasteiger partial charge is 0.506 e. The zero-order chi connectivity index (χ0) is 33.1. The number of likely N-dealkylation sites (N-methyl/N-ethyl adjacent to an activating group) is 1. The van der Waals surface area contributed by atoms with Gasteiger partial charge in [-0.1, -0.05) is 38.2 Å². The van der Waals surface area contributed by atoms with Crippen LogP contribution in [0.3, 0.4) is 0 Å². The smallest absolute Gasteiger partial charge is 0.405 e. The Morgan fingerprint density at radius 1 is 1.18 bits per heavy atom. The highest BCUT2D eigenvalue weighted by Crippen LogP contribution is 2.42. The highest BCUT2D eigenvalue weighted by molar-refractivity contribution is 6.04. The summed E-state index contributed by atoms with van der Waals surface area (Å²) in [5.74, 6) is -1.32. The molecule has 0 spiro atoms. The molecule has 0 aliphatic carbocycles. The molecule has 2 bridgehead atoms. The number of primary amides is 1. The first-order chi connectivity index (χ1) is 20.7. The Morgan fingerprint density at radius 2 is 1.86 bits per heavy atom. The lowest BCUT2D eigenvalue weighted by atomic mass is 9.87. The number of anilines is 2. The van der Waals surface area contributed by atoms with Crippen molar-refractivity contribution in [2.45, 2.75) is 65.0 Å². The molecule has 0 saturated carbocycles. The molecule has 6 atom stereocenters. The first-order valence-corrected chi connectivity index (χ1v) is 14.7. The average molecular weight is 619 g/mol. The number of aliphatic hydroxyl groups excluding tert-OH is 1. The Bertz CT molecular complexity index is 1230. The number of hydrogen-bond acceptors (Lipinski definition) is 10. The number of phenols is 2. The van der Waals surface area contributed by atoms with Crippen molar-refractivity contribution in [1.82, 2.24) is 4.90 Å². The van der Waals surface area contributed by atoms with Crippen LogP contribution in [-0.4, -0.2) is 98.0 Å². The maximum atomic E-state index is 13.1. The number of nitrogens with two attached hydrogens (primary N) is 1. The number of carbonyl (C=O) groups excluding carboxylic acids is 2. The van der Waals surface area contributed by atoms with E-state index in [4.69, 9.17) is 19.9 Å². The third-order valence-electron chi connectivity index (χ3n) is 7.69. The molecule has 12 nitrogen and oxygen atoms in total. The number of ether oxygens (including phenoxy) is 3. The fourth-order valence-corrected chi connectivity index (χ4v) is 5.21. The van der Waals surface area contributed by atoms with Crippen molar-refractivity contribution in [2.24, 2.45) is 17.6 Å². The molecular formula is C32H50N4O8. The number of amides is 2. The van der Waals surface area contributed by atoms with Crippen molar-refractivity contribution in [3.8, 4) is 11.5 Å². The van der Waals surface area contributed by atoms with Gasteiger partial charge in [0.2, 0.25) is 0 Å². The van der Waals surface area contributed by atoms with Gasteiger partial charge in [0, 0.05) is 50.4 Å². The molecule has 1 heterocycles. The van der Waals surface area contributed by atoms with E-state index in [0.717, 1.165) is 0 Å². The zero-order valence-corrected chi connectivity index (χ0v) is 27.1. The second-order valence-corrected chi connectivity index (χ2v) is 11.7. The Kier molecular flexibility index (Phi) is 14.2. The number of allylic oxidation sites excluding steroid dienone is 2. The van der Waals surface area contributed by atoms with Crippen LogP contribution in [0, 0.1) is 11.8 Å². The van der Waals surface area contributed by atoms with Crippen LogP contribution < -0.4 is 16.4 Å². The summed E-state index contributed by atoms with van der Waals surface area (Å²) in [6.45, 7) is 8.32. The topological polar surface area (TPSA) is 176 Å². The molecule has 0 saturated heterocycles. The van der Waals surface area contributed by atoms with Gasteiger partial charge >= 0.3 is 6.09 Å². The fourth-order valence-electron chi connectivity index (χ4n) is 5.21. The van der Waals surface area contributed by atoms with Gasteiger partial charge in [0.25, 0.3) is 5.91 Å². The SMILES string of the molecule is COC1/C=C\C=C(/C)C(=O)Nc2cc(O)c(NCCN(C)C)c(c2O)C[C@@H](C)C[C@H](OC)[C@H](O)[C@@H](C)/C=C(\C)[C@@H]1OC(N)=O. The lowest BCUT2D eigenvalue weighted by Crippen LogP contribution is -2.37. The molecule has 12 heteroatoms. The van der Waals surface area contributed by atoms with Gasteiger partial charge in [0.05, 0.1) is 23.6 Å². The number of benzene rings is 1. The first kappa shape index (κ1) is 36.6. The van der Waals surface area contributed by atoms with Gasteiger partial charge in [-0.15, -0.1) is 0 Å². The fraction of sp³-hybridized carbons (Fsp3) is 0.562. The van der Waals surface area contributed by atoms with Gasteiger partial charge in [-0.3, -0.25) is 4.79 Å². The molecule has 1 aliphatic rings. The number of methoxy groups -OCH3 is 2. The van der Waals surface area contributed by atoms with Crippen molar-refractivity contribution in [3.63, 3.8) is 0 Å². The highest BCUT2D eigenvalue weighted by Gasteiger charge is 2.30. The minimum Gasteiger partial charge on any atom is -0.506 e. The molecule has 0 radical (unpaired) electrons. The summed E-state index contributed by atoms with van der Waals surface area (Å²) in [6.07, 6.45) is 3.10. The Labute approximate surface area is 260 Å². The van der Waals surface area contributed by atoms with E-state index in [-0.39, 0.29) is 23.1 Å². The van der Waals surface area contributed by atoms with Crippen molar-refractivity contribution in [1.29, 1.82) is 0 Å². The monoisotopic (exact) mass is 618 g/mol. The number of fused-ring (bicyclic) bond motifs is 2. The van der Waals surface area contributed by atoms with Crippen LogP contribution >= 0.6 is 0 Å². The average Bonchev–Trinajstić information content (AvgIpc) is 2.95. The summed E-state index contributed by atoms with van der Waals surface area (Å²) in [5, 5.41) is 39.6. The predicted molar refractivity (Wildman–Crippen MR) is 171 cm³/mol. The van der Waals surface area contributed by atoms with Crippen LogP contribution in [0.25, 0.3) is 0 Å². The number of hydrogen-bond donors (Lipinski definition) is 6. The zero-order valence-electron chi connectivity index (χ0n) is 27.1. The summed E-state index contributed by atoms with van der Waals surface area (Å²) < 4.78 is 16.7. The van der Waals surface area contributed by atoms with Gasteiger partial charge in [-0.25, -0.2) is 4.79 Å². The Morgan fingerprint density at radius 3 is 2.45 bits per heavy atom. The molecule has 1 aliphatic heterocycles. The first-order valence-electron chi connectivity index (χ1n) is 14.7. The molecule has 246 valence electrons. The van der Waals surface area contributed by atoms with Crippen LogP contribution in [0.2, 0.25) is 0 Å². The number of carbonyl (C=O) groups is 2. The molecule has 1 unspecified atom stereocenters. The van der Waals surface area contributed by atoms with Crippen molar-refractivity contribution in [3.05, 3.63) is 47.1 Å². The molecule has 1 aromatic carbocycles. The van der Waals surface area contributed by atoms with Crippen LogP contribution in [0.4, 0.5) is 16.2 Å². The van der Waals surface area contributed by atoms with E-state index in [9.17, 15) is 24.9 Å². The van der Waals surface area contributed by atoms with Gasteiger partial charge in [-0.2, -0.15) is 0 Å². The number of nitrogens with one attached hydrogen (secondary N) is 2. The van der Waals surface area contributed by atoms with Crippen LogP contribution in [0.1, 0.15) is 39.7 Å². The highest BCUT2D eigenvalue weighted by atomic mass is 16.6. The summed E-state index contributed by atoms with van der Waals surface area (Å²) in [7, 11) is 6.83. The number of phenolic OH excluding ortho intramolecular Hbond substituents is 2. The van der Waals surface area contributed by atoms with Crippen LogP contribution in [0.15, 0.2) is 41.5 Å². The summed E-state index contributed by atoms with van der Waals surface area (Å²) >= 11 is 0. The standard InChI is InChI=1S/C32H50N4O8/c1-18-14-22-27(34-12-13-36(5)6)24(37)17-23(29(22)39)35-31(40)19(2)10-9-11-25(42-7)30(44-32(33)41)21(4)16-20(3)28(38)26(15-18)43-8/h9-11,16-18,20,25-26,28,30,34,37-39H,12-15H2,1-8H3,(H2,33,41)(H,35,40)/b11-9-,19-10+,21-16+/t18-,20+,25?,26+,28-,30+/m1/s1. The number of nitrogens with zero attached hydrogens (tertiary/aromatic N) is 1. The Balaban J connectivity index is 2.65. The Hall–Kier alpha value is -3.58. The molecule has 0 aromatic heterocycles. The number of aliphatic hydroxyl groups is 1. The van der Waals surface area contributed by atoms with E-state index in [1.807, 2.05) is 32.8 Å². The second kappa shape index (κ2) is 17.0. The molecule has 2 amide bonds. The molecule has 7 N–H and O–H groups in total. The van der Waals surface area contributed by atoms with E-state index in [0.29, 0.717) is 48.3 Å². The molecule has 44 heavy (non-hydrogen) atoms. The van der Waals surface area contributed by atoms with Crippen molar-refractivity contribution >= 4 is 23.4 Å². The maximum Gasteiger partial charge on any atom is 0.405 e. The third-order valence-corrected chi connectivity index (χ3v) is 7.69. The summed E-state index contributed by atoms with van der Waals surface area (Å²) in [5.41, 5.74) is 7.15. The van der Waals surface area contributed by atoms with E-state index >= 15 is 0 Å². The minimum absolute atomic E-state index is 0.0592.